The molecule has 1 aliphatic heterocycles. The Morgan fingerprint density at radius 3 is 2.70 bits per heavy atom. The Morgan fingerprint density at radius 1 is 1.40 bits per heavy atom. The summed E-state index contributed by atoms with van der Waals surface area (Å²) in [4.78, 5) is 23.0. The number of methoxy groups -OCH3 is 1. The van der Waals surface area contributed by atoms with Crippen LogP contribution in [0.25, 0.3) is 0 Å². The zero-order chi connectivity index (χ0) is 14.9. The van der Waals surface area contributed by atoms with Crippen molar-refractivity contribution in [3.8, 4) is 5.75 Å². The zero-order valence-corrected chi connectivity index (χ0v) is 10.7. The molecule has 0 aromatic heterocycles. The SMILES string of the molecule is COC(=O)c1cc2c(c(OC(F)F)c1)NC(C)C(=O)N2. The maximum Gasteiger partial charge on any atom is 0.387 e. The molecule has 6 nitrogen and oxygen atoms in total. The molecule has 2 N–H and O–H groups in total. The van der Waals surface area contributed by atoms with Gasteiger partial charge in [0.15, 0.2) is 5.75 Å². The first-order valence-electron chi connectivity index (χ1n) is 5.71. The molecule has 1 amide bonds. The summed E-state index contributed by atoms with van der Waals surface area (Å²) >= 11 is 0. The summed E-state index contributed by atoms with van der Waals surface area (Å²) in [7, 11) is 1.16. The fraction of sp³-hybridized carbons (Fsp3) is 0.333. The van der Waals surface area contributed by atoms with Gasteiger partial charge in [0.05, 0.1) is 18.4 Å². The van der Waals surface area contributed by atoms with Crippen molar-refractivity contribution in [2.45, 2.75) is 19.6 Å². The van der Waals surface area contributed by atoms with Crippen molar-refractivity contribution in [1.29, 1.82) is 0 Å². The number of carbonyl (C=O) groups is 2. The Balaban J connectivity index is 2.50. The quantitative estimate of drug-likeness (QED) is 0.829. The molecular weight excluding hydrogens is 274 g/mol. The number of hydrogen-bond acceptors (Lipinski definition) is 5. The van der Waals surface area contributed by atoms with Gasteiger partial charge in [-0.05, 0) is 19.1 Å². The first-order valence-corrected chi connectivity index (χ1v) is 5.71. The minimum atomic E-state index is -3.05. The second kappa shape index (κ2) is 5.32. The topological polar surface area (TPSA) is 76.7 Å². The summed E-state index contributed by atoms with van der Waals surface area (Å²) < 4.78 is 33.7. The molecule has 1 atom stereocenters. The molecule has 0 spiro atoms. The smallest absolute Gasteiger partial charge is 0.387 e. The lowest BCUT2D eigenvalue weighted by Crippen LogP contribution is -2.36. The van der Waals surface area contributed by atoms with E-state index in [0.717, 1.165) is 13.2 Å². The number of anilines is 2. The van der Waals surface area contributed by atoms with E-state index in [-0.39, 0.29) is 28.6 Å². The molecule has 1 aromatic rings. The van der Waals surface area contributed by atoms with Crippen LogP contribution in [0.1, 0.15) is 17.3 Å². The van der Waals surface area contributed by atoms with Crippen LogP contribution in [0.3, 0.4) is 0 Å². The maximum atomic E-state index is 12.4. The average molecular weight is 286 g/mol. The van der Waals surface area contributed by atoms with Gasteiger partial charge in [0.2, 0.25) is 5.91 Å². The van der Waals surface area contributed by atoms with Gasteiger partial charge >= 0.3 is 12.6 Å². The predicted molar refractivity (Wildman–Crippen MR) is 66.1 cm³/mol. The number of ether oxygens (including phenoxy) is 2. The van der Waals surface area contributed by atoms with E-state index < -0.39 is 18.6 Å². The number of benzene rings is 1. The van der Waals surface area contributed by atoms with E-state index >= 15 is 0 Å². The number of carbonyl (C=O) groups excluding carboxylic acids is 2. The number of alkyl halides is 2. The lowest BCUT2D eigenvalue weighted by Gasteiger charge is -2.26. The molecule has 2 rings (SSSR count). The zero-order valence-electron chi connectivity index (χ0n) is 10.7. The lowest BCUT2D eigenvalue weighted by atomic mass is 10.1. The second-order valence-corrected chi connectivity index (χ2v) is 4.12. The maximum absolute atomic E-state index is 12.4. The highest BCUT2D eigenvalue weighted by molar-refractivity contribution is 6.05. The fourth-order valence-corrected chi connectivity index (χ4v) is 1.81. The van der Waals surface area contributed by atoms with Crippen LogP contribution >= 0.6 is 0 Å². The van der Waals surface area contributed by atoms with Crippen molar-refractivity contribution in [2.24, 2.45) is 0 Å². The highest BCUT2D eigenvalue weighted by Gasteiger charge is 2.27. The largest absolute Gasteiger partial charge is 0.465 e. The number of nitrogens with one attached hydrogen (secondary N) is 2. The first kappa shape index (κ1) is 14.0. The summed E-state index contributed by atoms with van der Waals surface area (Å²) in [5.74, 6) is -1.30. The standard InChI is InChI=1S/C12H12F2N2O4/c1-5-10(17)16-7-3-6(11(18)19-2)4-8(9(7)15-5)20-12(13)14/h3-5,12,15H,1-2H3,(H,16,17). The van der Waals surface area contributed by atoms with Gasteiger partial charge in [-0.15, -0.1) is 0 Å². The summed E-state index contributed by atoms with van der Waals surface area (Å²) in [6.07, 6.45) is 0. The molecule has 0 saturated heterocycles. The molecular formula is C12H12F2N2O4. The minimum absolute atomic E-state index is 0.00134. The third kappa shape index (κ3) is 2.63. The van der Waals surface area contributed by atoms with Gasteiger partial charge in [0.1, 0.15) is 11.7 Å². The van der Waals surface area contributed by atoms with Crippen molar-refractivity contribution in [3.05, 3.63) is 17.7 Å². The van der Waals surface area contributed by atoms with Gasteiger partial charge in [-0.25, -0.2) is 4.79 Å². The molecule has 1 aromatic carbocycles. The van der Waals surface area contributed by atoms with Gasteiger partial charge in [-0.1, -0.05) is 0 Å². The molecule has 1 heterocycles. The monoisotopic (exact) mass is 286 g/mol. The van der Waals surface area contributed by atoms with Gasteiger partial charge in [0.25, 0.3) is 0 Å². The van der Waals surface area contributed by atoms with Crippen molar-refractivity contribution in [3.63, 3.8) is 0 Å². The van der Waals surface area contributed by atoms with Crippen LogP contribution in [0.2, 0.25) is 0 Å². The lowest BCUT2D eigenvalue weighted by molar-refractivity contribution is -0.116. The number of hydrogen-bond donors (Lipinski definition) is 2. The summed E-state index contributed by atoms with van der Waals surface area (Å²) in [6, 6.07) is 1.86. The Morgan fingerprint density at radius 2 is 2.10 bits per heavy atom. The highest BCUT2D eigenvalue weighted by Crippen LogP contribution is 2.38. The van der Waals surface area contributed by atoms with Crippen LogP contribution in [-0.4, -0.2) is 31.6 Å². The van der Waals surface area contributed by atoms with Gasteiger partial charge in [-0.2, -0.15) is 8.78 Å². The van der Waals surface area contributed by atoms with Gasteiger partial charge in [0, 0.05) is 0 Å². The van der Waals surface area contributed by atoms with E-state index in [0.29, 0.717) is 0 Å². The Bertz CT molecular complexity index is 563. The van der Waals surface area contributed by atoms with Crippen LogP contribution in [0.5, 0.6) is 5.75 Å². The number of amides is 1. The molecule has 108 valence electrons. The molecule has 0 aliphatic carbocycles. The predicted octanol–water partition coefficient (Wildman–Crippen LogP) is 1.83. The number of fused-ring (bicyclic) bond motifs is 1. The molecule has 0 radical (unpaired) electrons. The van der Waals surface area contributed by atoms with Crippen molar-refractivity contribution < 1.29 is 27.8 Å². The third-order valence-electron chi connectivity index (χ3n) is 2.75. The van der Waals surface area contributed by atoms with E-state index in [1.165, 1.54) is 6.07 Å². The number of esters is 1. The molecule has 8 heteroatoms. The van der Waals surface area contributed by atoms with E-state index in [2.05, 4.69) is 20.1 Å². The van der Waals surface area contributed by atoms with Crippen molar-refractivity contribution >= 4 is 23.3 Å². The molecule has 1 aliphatic rings. The van der Waals surface area contributed by atoms with E-state index in [1.807, 2.05) is 0 Å². The van der Waals surface area contributed by atoms with Crippen molar-refractivity contribution in [1.82, 2.24) is 0 Å². The Labute approximate surface area is 113 Å². The molecule has 0 saturated carbocycles. The average Bonchev–Trinajstić information content (AvgIpc) is 2.39. The Kier molecular flexibility index (Phi) is 3.73. The van der Waals surface area contributed by atoms with Gasteiger partial charge < -0.3 is 20.1 Å². The summed E-state index contributed by atoms with van der Waals surface area (Å²) in [6.45, 7) is -1.49. The number of halogens is 2. The Hall–Kier alpha value is -2.38. The normalized spacial score (nSPS) is 17.1. The van der Waals surface area contributed by atoms with Crippen LogP contribution in [-0.2, 0) is 9.53 Å². The molecule has 20 heavy (non-hydrogen) atoms. The summed E-state index contributed by atoms with van der Waals surface area (Å²) in [5.41, 5.74) is 0.384. The third-order valence-corrected chi connectivity index (χ3v) is 2.75. The second-order valence-electron chi connectivity index (χ2n) is 4.12. The van der Waals surface area contributed by atoms with Crippen LogP contribution in [0.15, 0.2) is 12.1 Å². The van der Waals surface area contributed by atoms with E-state index in [4.69, 9.17) is 0 Å². The molecule has 1 unspecified atom stereocenters. The van der Waals surface area contributed by atoms with Crippen LogP contribution in [0.4, 0.5) is 20.2 Å². The van der Waals surface area contributed by atoms with Crippen LogP contribution in [0, 0.1) is 0 Å². The fourth-order valence-electron chi connectivity index (χ4n) is 1.81. The molecule has 0 bridgehead atoms. The van der Waals surface area contributed by atoms with Crippen LogP contribution < -0.4 is 15.4 Å². The minimum Gasteiger partial charge on any atom is -0.465 e. The molecule has 0 fully saturated rings. The van der Waals surface area contributed by atoms with Crippen molar-refractivity contribution in [2.75, 3.05) is 17.7 Å². The number of rotatable bonds is 3. The first-order chi connectivity index (χ1) is 9.42. The van der Waals surface area contributed by atoms with Gasteiger partial charge in [-0.3, -0.25) is 4.79 Å². The summed E-state index contributed by atoms with van der Waals surface area (Å²) in [5, 5.41) is 5.25. The van der Waals surface area contributed by atoms with E-state index in [1.54, 1.807) is 6.92 Å². The van der Waals surface area contributed by atoms with E-state index in [9.17, 15) is 18.4 Å². The highest BCUT2D eigenvalue weighted by atomic mass is 19.3.